The number of unbranched alkanes of at least 4 members (excludes halogenated alkanes) is 9. The number of fused-ring (bicyclic) bond motifs is 4. The standard InChI is InChI=1S/C36H49N3/c1-5-7-8-9-10-11-12-13-14-15-16-27-23-33(39-25-30(6-2)38-26-39)35(3)22-21-32-31(34(27)35)20-18-28-17-19-29(37)24-36(28,32)4/h17-23,25-26H,5-16,24,37H2,1-4H3/t35-,36-/m1/s1. The normalized spacial score (nSPS) is 25.4. The molecule has 0 saturated carbocycles. The van der Waals surface area contributed by atoms with E-state index < -0.39 is 0 Å². The van der Waals surface area contributed by atoms with Crippen LogP contribution in [0.1, 0.15) is 110 Å². The summed E-state index contributed by atoms with van der Waals surface area (Å²) in [7, 11) is 0. The summed E-state index contributed by atoms with van der Waals surface area (Å²) in [6, 6.07) is 0. The maximum Gasteiger partial charge on any atom is 0.0993 e. The zero-order valence-electron chi connectivity index (χ0n) is 24.9. The van der Waals surface area contributed by atoms with E-state index in [0.717, 1.165) is 30.7 Å². The number of imidazole rings is 1. The van der Waals surface area contributed by atoms with Crippen LogP contribution in [-0.2, 0) is 6.42 Å². The number of allylic oxidation sites excluding steroid dienone is 14. The third kappa shape index (κ3) is 5.34. The van der Waals surface area contributed by atoms with Gasteiger partial charge in [-0.25, -0.2) is 4.98 Å². The first kappa shape index (κ1) is 27.7. The number of hydrogen-bond donors (Lipinski definition) is 1. The highest BCUT2D eigenvalue weighted by Gasteiger charge is 2.46. The van der Waals surface area contributed by atoms with Gasteiger partial charge in [-0.3, -0.25) is 0 Å². The Morgan fingerprint density at radius 3 is 2.31 bits per heavy atom. The van der Waals surface area contributed by atoms with Crippen LogP contribution in [0.25, 0.3) is 5.70 Å². The van der Waals surface area contributed by atoms with Gasteiger partial charge in [0.05, 0.1) is 17.4 Å². The lowest BCUT2D eigenvalue weighted by molar-refractivity contribution is 0.473. The molecule has 5 rings (SSSR count). The largest absolute Gasteiger partial charge is 0.402 e. The van der Waals surface area contributed by atoms with Crippen molar-refractivity contribution in [1.29, 1.82) is 0 Å². The molecule has 4 aliphatic rings. The fourth-order valence-electron chi connectivity index (χ4n) is 7.23. The van der Waals surface area contributed by atoms with Gasteiger partial charge in [-0.15, -0.1) is 0 Å². The minimum atomic E-state index is -0.156. The van der Waals surface area contributed by atoms with Crippen molar-refractivity contribution in [2.75, 3.05) is 0 Å². The summed E-state index contributed by atoms with van der Waals surface area (Å²) in [5.74, 6) is 0. The second-order valence-electron chi connectivity index (χ2n) is 12.6. The molecule has 0 spiro atoms. The van der Waals surface area contributed by atoms with E-state index in [1.807, 2.05) is 6.33 Å². The summed E-state index contributed by atoms with van der Waals surface area (Å²) >= 11 is 0. The third-order valence-corrected chi connectivity index (χ3v) is 9.60. The van der Waals surface area contributed by atoms with Crippen molar-refractivity contribution in [3.05, 3.63) is 94.3 Å². The maximum absolute atomic E-state index is 6.38. The van der Waals surface area contributed by atoms with Gasteiger partial charge in [0.25, 0.3) is 0 Å². The van der Waals surface area contributed by atoms with Crippen LogP contribution in [-0.4, -0.2) is 9.55 Å². The highest BCUT2D eigenvalue weighted by atomic mass is 15.1. The Morgan fingerprint density at radius 1 is 0.897 bits per heavy atom. The molecule has 3 nitrogen and oxygen atoms in total. The molecular formula is C36H49N3. The van der Waals surface area contributed by atoms with Crippen LogP contribution in [0.5, 0.6) is 0 Å². The van der Waals surface area contributed by atoms with Crippen LogP contribution in [0.4, 0.5) is 0 Å². The molecule has 1 aromatic heterocycles. The molecule has 2 N–H and O–H groups in total. The Morgan fingerprint density at radius 2 is 1.62 bits per heavy atom. The smallest absolute Gasteiger partial charge is 0.0993 e. The molecule has 2 atom stereocenters. The van der Waals surface area contributed by atoms with Gasteiger partial charge < -0.3 is 10.3 Å². The highest BCUT2D eigenvalue weighted by molar-refractivity contribution is 5.80. The van der Waals surface area contributed by atoms with E-state index in [2.05, 4.69) is 86.0 Å². The predicted molar refractivity (Wildman–Crippen MR) is 166 cm³/mol. The van der Waals surface area contributed by atoms with Gasteiger partial charge in [-0.2, -0.15) is 0 Å². The van der Waals surface area contributed by atoms with E-state index >= 15 is 0 Å². The SMILES string of the molecule is CCCCCCCCCCCCC1=C2C3=C(C=C[C@]2(C)C(n2cnc(CC)c2)=C1)[C@]1(C)CC(N)=CC=C1C=C3. The maximum atomic E-state index is 6.38. The van der Waals surface area contributed by atoms with Crippen molar-refractivity contribution in [1.82, 2.24) is 9.55 Å². The van der Waals surface area contributed by atoms with Crippen molar-refractivity contribution in [3.8, 4) is 0 Å². The molecule has 0 bridgehead atoms. The van der Waals surface area contributed by atoms with Crippen LogP contribution >= 0.6 is 0 Å². The lowest BCUT2D eigenvalue weighted by Crippen LogP contribution is -2.33. The molecule has 1 heterocycles. The van der Waals surface area contributed by atoms with Gasteiger partial charge in [-0.1, -0.05) is 109 Å². The van der Waals surface area contributed by atoms with E-state index in [1.165, 1.54) is 97.8 Å². The molecule has 0 unspecified atom stereocenters. The molecule has 0 radical (unpaired) electrons. The summed E-state index contributed by atoms with van der Waals surface area (Å²) in [6.07, 6.45) is 37.3. The van der Waals surface area contributed by atoms with Crippen LogP contribution in [0.3, 0.4) is 0 Å². The third-order valence-electron chi connectivity index (χ3n) is 9.60. The molecule has 208 valence electrons. The fraction of sp³-hybridized carbons (Fsp3) is 0.528. The number of aromatic nitrogens is 2. The van der Waals surface area contributed by atoms with E-state index in [1.54, 1.807) is 0 Å². The summed E-state index contributed by atoms with van der Waals surface area (Å²) in [5, 5.41) is 0. The number of nitrogens with zero attached hydrogens (tertiary/aromatic N) is 2. The predicted octanol–water partition coefficient (Wildman–Crippen LogP) is 9.53. The second kappa shape index (κ2) is 11.7. The number of aryl methyl sites for hydroxylation is 1. The molecule has 0 aromatic carbocycles. The van der Waals surface area contributed by atoms with E-state index in [0.29, 0.717) is 0 Å². The van der Waals surface area contributed by atoms with Gasteiger partial charge in [0, 0.05) is 29.4 Å². The Labute approximate surface area is 237 Å². The molecule has 4 aliphatic carbocycles. The van der Waals surface area contributed by atoms with E-state index in [4.69, 9.17) is 5.73 Å². The van der Waals surface area contributed by atoms with Gasteiger partial charge in [-0.05, 0) is 66.2 Å². The van der Waals surface area contributed by atoms with Crippen LogP contribution in [0, 0.1) is 10.8 Å². The summed E-state index contributed by atoms with van der Waals surface area (Å²) in [6.45, 7) is 9.25. The van der Waals surface area contributed by atoms with Crippen LogP contribution in [0.2, 0.25) is 0 Å². The summed E-state index contributed by atoms with van der Waals surface area (Å²) in [4.78, 5) is 4.68. The van der Waals surface area contributed by atoms with Crippen molar-refractivity contribution in [2.45, 2.75) is 111 Å². The van der Waals surface area contributed by atoms with Crippen LogP contribution < -0.4 is 5.73 Å². The number of rotatable bonds is 13. The quantitative estimate of drug-likeness (QED) is 0.262. The van der Waals surface area contributed by atoms with Crippen molar-refractivity contribution < 1.29 is 0 Å². The van der Waals surface area contributed by atoms with Crippen molar-refractivity contribution >= 4 is 5.70 Å². The fourth-order valence-corrected chi connectivity index (χ4v) is 7.23. The second-order valence-corrected chi connectivity index (χ2v) is 12.6. The highest BCUT2D eigenvalue weighted by Crippen LogP contribution is 2.59. The van der Waals surface area contributed by atoms with Gasteiger partial charge in [0.15, 0.2) is 0 Å². The first-order chi connectivity index (χ1) is 18.9. The summed E-state index contributed by atoms with van der Waals surface area (Å²) in [5.41, 5.74) is 16.8. The zero-order chi connectivity index (χ0) is 27.5. The molecule has 1 aromatic rings. The lowest BCUT2D eigenvalue weighted by atomic mass is 9.60. The Kier molecular flexibility index (Phi) is 8.35. The average Bonchev–Trinajstić information content (AvgIpc) is 3.51. The Bertz CT molecular complexity index is 1290. The molecule has 3 heteroatoms. The number of nitrogens with two attached hydrogens (primary N) is 1. The van der Waals surface area contributed by atoms with Gasteiger partial charge >= 0.3 is 0 Å². The monoisotopic (exact) mass is 523 g/mol. The van der Waals surface area contributed by atoms with Crippen molar-refractivity contribution in [2.24, 2.45) is 16.6 Å². The molecule has 0 fully saturated rings. The Hall–Kier alpha value is -2.81. The first-order valence-electron chi connectivity index (χ1n) is 15.7. The summed E-state index contributed by atoms with van der Waals surface area (Å²) < 4.78 is 2.28. The van der Waals surface area contributed by atoms with Crippen molar-refractivity contribution in [3.63, 3.8) is 0 Å². The molecule has 39 heavy (non-hydrogen) atoms. The minimum absolute atomic E-state index is 0.0663. The lowest BCUT2D eigenvalue weighted by Gasteiger charge is -2.44. The van der Waals surface area contributed by atoms with Gasteiger partial charge in [0.2, 0.25) is 0 Å². The number of hydrogen-bond acceptors (Lipinski definition) is 2. The zero-order valence-corrected chi connectivity index (χ0v) is 24.9. The van der Waals surface area contributed by atoms with E-state index in [-0.39, 0.29) is 10.8 Å². The Balaban J connectivity index is 1.37. The average molecular weight is 524 g/mol. The first-order valence-corrected chi connectivity index (χ1v) is 15.7. The van der Waals surface area contributed by atoms with Gasteiger partial charge in [0.1, 0.15) is 0 Å². The van der Waals surface area contributed by atoms with E-state index in [9.17, 15) is 0 Å². The van der Waals surface area contributed by atoms with Crippen LogP contribution in [0.15, 0.2) is 88.6 Å². The topological polar surface area (TPSA) is 43.8 Å². The molecule has 0 saturated heterocycles. The minimum Gasteiger partial charge on any atom is -0.402 e. The molecule has 0 amide bonds. The molecule has 0 aliphatic heterocycles. The molecular weight excluding hydrogens is 474 g/mol.